The molecule has 0 aliphatic carbocycles. The average molecular weight is 264 g/mol. The van der Waals surface area contributed by atoms with E-state index in [1.807, 2.05) is 36.5 Å². The fourth-order valence-corrected chi connectivity index (χ4v) is 2.18. The smallest absolute Gasteiger partial charge is 0.159 e. The van der Waals surface area contributed by atoms with Gasteiger partial charge in [0.15, 0.2) is 5.65 Å². The molecule has 2 aromatic heterocycles. The van der Waals surface area contributed by atoms with Crippen LogP contribution in [0.15, 0.2) is 42.7 Å². The molecule has 5 nitrogen and oxygen atoms in total. The molecule has 1 aromatic carbocycles. The number of methoxy groups -OCH3 is 1. The minimum Gasteiger partial charge on any atom is -0.497 e. The maximum absolute atomic E-state index is 9.03. The van der Waals surface area contributed by atoms with Crippen molar-refractivity contribution in [2.75, 3.05) is 7.11 Å². The van der Waals surface area contributed by atoms with Crippen molar-refractivity contribution in [1.82, 2.24) is 14.6 Å². The third-order valence-electron chi connectivity index (χ3n) is 3.09. The predicted octanol–water partition coefficient (Wildman–Crippen LogP) is 2.47. The van der Waals surface area contributed by atoms with E-state index in [4.69, 9.17) is 10.00 Å². The van der Waals surface area contributed by atoms with Crippen molar-refractivity contribution in [3.63, 3.8) is 0 Å². The number of hydrogen-bond donors (Lipinski definition) is 0. The van der Waals surface area contributed by atoms with Crippen LogP contribution in [0, 0.1) is 11.3 Å². The van der Waals surface area contributed by atoms with E-state index < -0.39 is 0 Å². The van der Waals surface area contributed by atoms with Gasteiger partial charge in [-0.25, -0.2) is 9.50 Å². The van der Waals surface area contributed by atoms with Gasteiger partial charge in [-0.1, -0.05) is 12.1 Å². The Morgan fingerprint density at radius 1 is 1.35 bits per heavy atom. The summed E-state index contributed by atoms with van der Waals surface area (Å²) in [7, 11) is 1.63. The van der Waals surface area contributed by atoms with E-state index in [1.54, 1.807) is 17.8 Å². The van der Waals surface area contributed by atoms with Crippen molar-refractivity contribution in [3.8, 4) is 23.1 Å². The summed E-state index contributed by atoms with van der Waals surface area (Å²) in [6.45, 7) is 0. The van der Waals surface area contributed by atoms with Crippen LogP contribution in [0.25, 0.3) is 16.9 Å². The number of aromatic nitrogens is 3. The number of hydrogen-bond acceptors (Lipinski definition) is 4. The van der Waals surface area contributed by atoms with Gasteiger partial charge in [-0.15, -0.1) is 0 Å². The summed E-state index contributed by atoms with van der Waals surface area (Å²) in [6, 6.07) is 11.6. The van der Waals surface area contributed by atoms with Crippen LogP contribution in [0.2, 0.25) is 0 Å². The monoisotopic (exact) mass is 264 g/mol. The molecule has 0 radical (unpaired) electrons. The molecule has 3 rings (SSSR count). The summed E-state index contributed by atoms with van der Waals surface area (Å²) in [4.78, 5) is 4.31. The minimum absolute atomic E-state index is 0.271. The Labute approximate surface area is 116 Å². The van der Waals surface area contributed by atoms with Crippen LogP contribution in [0.3, 0.4) is 0 Å². The van der Waals surface area contributed by atoms with Crippen molar-refractivity contribution in [1.29, 1.82) is 5.26 Å². The molecule has 0 amide bonds. The van der Waals surface area contributed by atoms with Crippen LogP contribution in [0.5, 0.6) is 5.75 Å². The largest absolute Gasteiger partial charge is 0.497 e. The highest BCUT2D eigenvalue weighted by molar-refractivity contribution is 5.72. The zero-order chi connectivity index (χ0) is 13.9. The average Bonchev–Trinajstić information content (AvgIpc) is 2.87. The number of benzene rings is 1. The van der Waals surface area contributed by atoms with Crippen molar-refractivity contribution >= 4 is 5.65 Å². The van der Waals surface area contributed by atoms with Gasteiger partial charge in [-0.3, -0.25) is 0 Å². The zero-order valence-electron chi connectivity index (χ0n) is 10.9. The van der Waals surface area contributed by atoms with E-state index >= 15 is 0 Å². The summed E-state index contributed by atoms with van der Waals surface area (Å²) in [5, 5.41) is 13.6. The lowest BCUT2D eigenvalue weighted by molar-refractivity contribution is 0.415. The van der Waals surface area contributed by atoms with Crippen molar-refractivity contribution in [2.45, 2.75) is 6.42 Å². The second kappa shape index (κ2) is 5.02. The Bertz CT molecular complexity index is 801. The van der Waals surface area contributed by atoms with Crippen molar-refractivity contribution in [2.24, 2.45) is 0 Å². The number of ether oxygens (including phenoxy) is 1. The Balaban J connectivity index is 2.24. The van der Waals surface area contributed by atoms with Crippen LogP contribution in [0.4, 0.5) is 0 Å². The van der Waals surface area contributed by atoms with E-state index in [0.717, 1.165) is 22.6 Å². The van der Waals surface area contributed by atoms with E-state index in [9.17, 15) is 0 Å². The van der Waals surface area contributed by atoms with Crippen LogP contribution in [0.1, 0.15) is 5.56 Å². The highest BCUT2D eigenvalue weighted by atomic mass is 16.5. The quantitative estimate of drug-likeness (QED) is 0.729. The maximum atomic E-state index is 9.03. The molecule has 0 unspecified atom stereocenters. The lowest BCUT2D eigenvalue weighted by atomic mass is 10.1. The fraction of sp³-hybridized carbons (Fsp3) is 0.133. The molecular formula is C15H12N4O. The molecule has 0 bridgehead atoms. The first-order valence-electron chi connectivity index (χ1n) is 6.17. The first-order chi connectivity index (χ1) is 9.83. The van der Waals surface area contributed by atoms with Gasteiger partial charge in [0.05, 0.1) is 25.3 Å². The molecule has 0 fully saturated rings. The lowest BCUT2D eigenvalue weighted by Gasteiger charge is -2.03. The second-order valence-corrected chi connectivity index (χ2v) is 4.28. The SMILES string of the molecule is COc1cccc(-c2nn3cccnc3c2CC#N)c1. The van der Waals surface area contributed by atoms with Gasteiger partial charge in [0.2, 0.25) is 0 Å². The summed E-state index contributed by atoms with van der Waals surface area (Å²) >= 11 is 0. The molecule has 5 heteroatoms. The molecule has 0 spiro atoms. The topological polar surface area (TPSA) is 63.2 Å². The maximum Gasteiger partial charge on any atom is 0.159 e. The second-order valence-electron chi connectivity index (χ2n) is 4.28. The molecule has 2 heterocycles. The number of fused-ring (bicyclic) bond motifs is 1. The van der Waals surface area contributed by atoms with Crippen LogP contribution < -0.4 is 4.74 Å². The van der Waals surface area contributed by atoms with E-state index in [0.29, 0.717) is 5.65 Å². The van der Waals surface area contributed by atoms with Crippen molar-refractivity contribution in [3.05, 3.63) is 48.3 Å². The van der Waals surface area contributed by atoms with Gasteiger partial charge < -0.3 is 4.74 Å². The van der Waals surface area contributed by atoms with Crippen LogP contribution in [-0.2, 0) is 6.42 Å². The highest BCUT2D eigenvalue weighted by Gasteiger charge is 2.15. The highest BCUT2D eigenvalue weighted by Crippen LogP contribution is 2.28. The molecule has 0 saturated heterocycles. The molecule has 20 heavy (non-hydrogen) atoms. The summed E-state index contributed by atoms with van der Waals surface area (Å²) in [5.41, 5.74) is 3.23. The van der Waals surface area contributed by atoms with Gasteiger partial charge >= 0.3 is 0 Å². The van der Waals surface area contributed by atoms with Gasteiger partial charge in [-0.2, -0.15) is 10.4 Å². The molecular weight excluding hydrogens is 252 g/mol. The zero-order valence-corrected chi connectivity index (χ0v) is 10.9. The summed E-state index contributed by atoms with van der Waals surface area (Å²) in [5.74, 6) is 0.760. The van der Waals surface area contributed by atoms with Gasteiger partial charge in [0.25, 0.3) is 0 Å². The molecule has 98 valence electrons. The summed E-state index contributed by atoms with van der Waals surface area (Å²) < 4.78 is 6.93. The third-order valence-corrected chi connectivity index (χ3v) is 3.09. The normalized spacial score (nSPS) is 10.4. The molecule has 0 saturated carbocycles. The van der Waals surface area contributed by atoms with Gasteiger partial charge in [-0.05, 0) is 18.2 Å². The fourth-order valence-electron chi connectivity index (χ4n) is 2.18. The molecule has 0 N–H and O–H groups in total. The van der Waals surface area contributed by atoms with Gasteiger partial charge in [0, 0.05) is 23.5 Å². The number of rotatable bonds is 3. The molecule has 0 atom stereocenters. The predicted molar refractivity (Wildman–Crippen MR) is 74.3 cm³/mol. The van der Waals surface area contributed by atoms with Gasteiger partial charge in [0.1, 0.15) is 5.75 Å². The Morgan fingerprint density at radius 2 is 2.25 bits per heavy atom. The molecule has 0 aliphatic rings. The minimum atomic E-state index is 0.271. The van der Waals surface area contributed by atoms with Crippen molar-refractivity contribution < 1.29 is 4.74 Å². The molecule has 0 aliphatic heterocycles. The lowest BCUT2D eigenvalue weighted by Crippen LogP contribution is -1.89. The Morgan fingerprint density at radius 3 is 3.05 bits per heavy atom. The van der Waals surface area contributed by atoms with E-state index in [-0.39, 0.29) is 6.42 Å². The standard InChI is InChI=1S/C15H12N4O/c1-20-12-5-2-4-11(10-12)14-13(6-7-16)15-17-8-3-9-19(15)18-14/h2-5,8-10H,6H2,1H3. The first-order valence-corrected chi connectivity index (χ1v) is 6.17. The van der Waals surface area contributed by atoms with Crippen LogP contribution in [-0.4, -0.2) is 21.7 Å². The Kier molecular flexibility index (Phi) is 3.05. The number of nitriles is 1. The third kappa shape index (κ3) is 1.97. The van der Waals surface area contributed by atoms with E-state index in [1.165, 1.54) is 0 Å². The Hall–Kier alpha value is -2.87. The summed E-state index contributed by atoms with van der Waals surface area (Å²) in [6.07, 6.45) is 3.80. The molecule has 3 aromatic rings. The van der Waals surface area contributed by atoms with Crippen LogP contribution >= 0.6 is 0 Å². The van der Waals surface area contributed by atoms with E-state index in [2.05, 4.69) is 16.2 Å². The first kappa shape index (κ1) is 12.2. The number of nitrogens with zero attached hydrogens (tertiary/aromatic N) is 4.